The molecule has 0 spiro atoms. The second kappa shape index (κ2) is 5.73. The number of aromatic nitrogens is 3. The molecule has 0 saturated carbocycles. The number of benzene rings is 2. The Morgan fingerprint density at radius 3 is 2.71 bits per heavy atom. The Morgan fingerprint density at radius 1 is 1.14 bits per heavy atom. The van der Waals surface area contributed by atoms with Crippen molar-refractivity contribution in [1.82, 2.24) is 14.8 Å². The summed E-state index contributed by atoms with van der Waals surface area (Å²) < 4.78 is 8.19. The number of aromatic amines is 1. The van der Waals surface area contributed by atoms with E-state index in [0.29, 0.717) is 22.2 Å². The van der Waals surface area contributed by atoms with Gasteiger partial charge in [0.15, 0.2) is 16.7 Å². The number of aromatic hydroxyl groups is 1. The van der Waals surface area contributed by atoms with Crippen molar-refractivity contribution in [3.05, 3.63) is 58.4 Å². The largest absolute Gasteiger partial charge is 0.508 e. The van der Waals surface area contributed by atoms with Gasteiger partial charge in [0.1, 0.15) is 16.8 Å². The molecule has 140 valence electrons. The highest BCUT2D eigenvalue weighted by Crippen LogP contribution is 2.40. The minimum absolute atomic E-state index is 0.0601. The average molecular weight is 373 g/mol. The Labute approximate surface area is 160 Å². The molecule has 3 heterocycles. The summed E-state index contributed by atoms with van der Waals surface area (Å²) >= 11 is 0. The van der Waals surface area contributed by atoms with E-state index in [1.807, 2.05) is 16.9 Å². The Balaban J connectivity index is 2.04. The topological polar surface area (TPSA) is 84.0 Å². The zero-order chi connectivity index (χ0) is 19.6. The van der Waals surface area contributed by atoms with E-state index in [0.717, 1.165) is 27.5 Å². The maximum absolute atomic E-state index is 12.1. The summed E-state index contributed by atoms with van der Waals surface area (Å²) in [5.41, 5.74) is 4.85. The zero-order valence-electron chi connectivity index (χ0n) is 15.8. The number of hydrogen-bond donors (Lipinski definition) is 2. The van der Waals surface area contributed by atoms with Gasteiger partial charge in [-0.05, 0) is 50.6 Å². The lowest BCUT2D eigenvalue weighted by Gasteiger charge is -2.10. The van der Waals surface area contributed by atoms with Crippen molar-refractivity contribution in [1.29, 1.82) is 0 Å². The third-order valence-electron chi connectivity index (χ3n) is 5.21. The number of nitrogens with one attached hydrogen (secondary N) is 1. The van der Waals surface area contributed by atoms with E-state index in [4.69, 9.17) is 9.40 Å². The van der Waals surface area contributed by atoms with E-state index in [1.165, 1.54) is 0 Å². The van der Waals surface area contributed by atoms with E-state index in [2.05, 4.69) is 18.9 Å². The number of aryl methyl sites for hydroxylation is 1. The minimum atomic E-state index is -0.0601. The predicted octanol–water partition coefficient (Wildman–Crippen LogP) is 4.89. The summed E-state index contributed by atoms with van der Waals surface area (Å²) in [6.07, 6.45) is 1.90. The van der Waals surface area contributed by atoms with Gasteiger partial charge in [-0.2, -0.15) is 0 Å². The normalized spacial score (nSPS) is 12.0. The zero-order valence-corrected chi connectivity index (χ0v) is 15.8. The number of H-pyrrole nitrogens is 1. The van der Waals surface area contributed by atoms with Crippen LogP contribution in [0.3, 0.4) is 0 Å². The number of fused-ring (bicyclic) bond motifs is 4. The number of nitrogens with zero attached hydrogens (tertiary/aromatic N) is 2. The Morgan fingerprint density at radius 2 is 1.96 bits per heavy atom. The molecule has 2 N–H and O–H groups in total. The molecule has 0 aliphatic heterocycles. The number of phenolic OH excluding ortho intramolecular Hbond substituents is 1. The van der Waals surface area contributed by atoms with E-state index in [1.54, 1.807) is 37.3 Å². The second-order valence-electron chi connectivity index (χ2n) is 7.36. The lowest BCUT2D eigenvalue weighted by atomic mass is 10.0. The monoisotopic (exact) mass is 373 g/mol. The van der Waals surface area contributed by atoms with Gasteiger partial charge in [-0.3, -0.25) is 9.48 Å². The fourth-order valence-electron chi connectivity index (χ4n) is 3.80. The second-order valence-corrected chi connectivity index (χ2v) is 7.36. The van der Waals surface area contributed by atoms with E-state index >= 15 is 0 Å². The third kappa shape index (κ3) is 2.21. The molecule has 0 saturated heterocycles. The van der Waals surface area contributed by atoms with Gasteiger partial charge in [0, 0.05) is 34.1 Å². The van der Waals surface area contributed by atoms with Crippen LogP contribution in [0.15, 0.2) is 51.8 Å². The van der Waals surface area contributed by atoms with Crippen molar-refractivity contribution in [2.75, 3.05) is 0 Å². The highest BCUT2D eigenvalue weighted by molar-refractivity contribution is 6.14. The molecule has 0 bridgehead atoms. The number of hydrogen-bond acceptors (Lipinski definition) is 4. The van der Waals surface area contributed by atoms with E-state index in [9.17, 15) is 9.90 Å². The first kappa shape index (κ1) is 16.6. The Bertz CT molecular complexity index is 1440. The van der Waals surface area contributed by atoms with Crippen LogP contribution < -0.4 is 5.43 Å². The molecule has 0 aliphatic carbocycles. The fraction of sp³-hybridized carbons (Fsp3) is 0.182. The maximum Gasteiger partial charge on any atom is 0.185 e. The number of phenols is 1. The molecular formula is C22H19N3O3. The molecule has 28 heavy (non-hydrogen) atoms. The summed E-state index contributed by atoms with van der Waals surface area (Å²) in [6.45, 7) is 5.93. The highest BCUT2D eigenvalue weighted by Gasteiger charge is 2.22. The van der Waals surface area contributed by atoms with Crippen LogP contribution in [0.2, 0.25) is 0 Å². The van der Waals surface area contributed by atoms with Gasteiger partial charge in [-0.25, -0.2) is 4.98 Å². The molecule has 3 aromatic heterocycles. The molecular weight excluding hydrogens is 354 g/mol. The first-order valence-corrected chi connectivity index (χ1v) is 9.20. The van der Waals surface area contributed by atoms with Crippen LogP contribution in [-0.4, -0.2) is 19.9 Å². The minimum Gasteiger partial charge on any atom is -0.508 e. The maximum atomic E-state index is 12.1. The molecule has 6 nitrogen and oxygen atoms in total. The SMILES string of the molecule is Cc1c(=O)ccc2c1oc1c(-c3cccc(O)c3)c3c[nH]n(C(C)C)c3nc12. The van der Waals surface area contributed by atoms with Crippen molar-refractivity contribution in [2.45, 2.75) is 26.8 Å². The van der Waals surface area contributed by atoms with E-state index in [-0.39, 0.29) is 17.2 Å². The van der Waals surface area contributed by atoms with Crippen molar-refractivity contribution in [3.63, 3.8) is 0 Å². The van der Waals surface area contributed by atoms with Crippen LogP contribution >= 0.6 is 0 Å². The van der Waals surface area contributed by atoms with Crippen molar-refractivity contribution >= 4 is 33.1 Å². The van der Waals surface area contributed by atoms with Gasteiger partial charge in [-0.1, -0.05) is 12.1 Å². The number of furan rings is 1. The summed E-state index contributed by atoms with van der Waals surface area (Å²) in [5.74, 6) is 0.178. The van der Waals surface area contributed by atoms with Crippen molar-refractivity contribution < 1.29 is 9.52 Å². The van der Waals surface area contributed by atoms with Crippen molar-refractivity contribution in [3.8, 4) is 16.9 Å². The molecule has 2 aromatic carbocycles. The molecule has 0 fully saturated rings. The standard InChI is InChI=1S/C22H19N3O3/c1-11(2)25-22-16(10-23-25)18(13-5-4-6-14(26)9-13)21-19(24-22)15-7-8-17(27)12(3)20(15)28-21/h4-11,23,26H,1-3H3. The fourth-order valence-corrected chi connectivity index (χ4v) is 3.80. The van der Waals surface area contributed by atoms with Crippen LogP contribution in [-0.2, 0) is 0 Å². The molecule has 0 radical (unpaired) electrons. The van der Waals surface area contributed by atoms with Crippen LogP contribution in [0.4, 0.5) is 0 Å². The van der Waals surface area contributed by atoms with Crippen LogP contribution in [0.25, 0.3) is 44.2 Å². The van der Waals surface area contributed by atoms with Gasteiger partial charge >= 0.3 is 0 Å². The van der Waals surface area contributed by atoms with Gasteiger partial charge in [0.25, 0.3) is 0 Å². The van der Waals surface area contributed by atoms with Gasteiger partial charge in [-0.15, -0.1) is 0 Å². The molecule has 5 rings (SSSR count). The quantitative estimate of drug-likeness (QED) is 0.462. The molecule has 0 unspecified atom stereocenters. The molecule has 6 heteroatoms. The smallest absolute Gasteiger partial charge is 0.185 e. The number of rotatable bonds is 2. The summed E-state index contributed by atoms with van der Waals surface area (Å²) in [5, 5.41) is 15.0. The van der Waals surface area contributed by atoms with Crippen LogP contribution in [0.5, 0.6) is 5.75 Å². The molecule has 0 amide bonds. The summed E-state index contributed by atoms with van der Waals surface area (Å²) in [4.78, 5) is 17.0. The highest BCUT2D eigenvalue weighted by atomic mass is 16.3. The summed E-state index contributed by atoms with van der Waals surface area (Å²) in [6, 6.07) is 10.6. The first-order valence-electron chi connectivity index (χ1n) is 9.20. The van der Waals surface area contributed by atoms with Crippen LogP contribution in [0.1, 0.15) is 25.5 Å². The molecule has 5 aromatic rings. The predicted molar refractivity (Wildman–Crippen MR) is 110 cm³/mol. The van der Waals surface area contributed by atoms with Gasteiger partial charge in [0.2, 0.25) is 0 Å². The van der Waals surface area contributed by atoms with Crippen molar-refractivity contribution in [2.24, 2.45) is 0 Å². The number of pyridine rings is 1. The molecule has 0 aliphatic rings. The van der Waals surface area contributed by atoms with E-state index < -0.39 is 0 Å². The Hall–Kier alpha value is -3.54. The summed E-state index contributed by atoms with van der Waals surface area (Å²) in [7, 11) is 0. The van der Waals surface area contributed by atoms with Gasteiger partial charge in [0.05, 0.1) is 0 Å². The first-order chi connectivity index (χ1) is 13.5. The lowest BCUT2D eigenvalue weighted by molar-refractivity contribution is 0.475. The average Bonchev–Trinajstić information content (AvgIpc) is 3.24. The third-order valence-corrected chi connectivity index (χ3v) is 5.21. The van der Waals surface area contributed by atoms with Gasteiger partial charge < -0.3 is 14.6 Å². The van der Waals surface area contributed by atoms with Crippen LogP contribution in [0, 0.1) is 6.92 Å². The lowest BCUT2D eigenvalue weighted by Crippen LogP contribution is -2.03. The Kier molecular flexibility index (Phi) is 3.40. The molecule has 0 atom stereocenters.